The van der Waals surface area contributed by atoms with Crippen LogP contribution < -0.4 is 5.32 Å². The maximum atomic E-state index is 12.5. The molecule has 2 amide bonds. The summed E-state index contributed by atoms with van der Waals surface area (Å²) < 4.78 is 0. The largest absolute Gasteiger partial charge is 0.338 e. The molecule has 1 atom stereocenters. The third-order valence-electron chi connectivity index (χ3n) is 5.30. The van der Waals surface area contributed by atoms with Gasteiger partial charge in [0, 0.05) is 25.6 Å². The summed E-state index contributed by atoms with van der Waals surface area (Å²) in [6, 6.07) is 0.0938. The van der Waals surface area contributed by atoms with E-state index >= 15 is 0 Å². The highest BCUT2D eigenvalue weighted by molar-refractivity contribution is 5.74. The Kier molecular flexibility index (Phi) is 5.88. The second kappa shape index (κ2) is 8.31. The zero-order valence-corrected chi connectivity index (χ0v) is 14.0. The van der Waals surface area contributed by atoms with Gasteiger partial charge in [-0.3, -0.25) is 5.10 Å². The number of urea groups is 1. The van der Waals surface area contributed by atoms with Crippen molar-refractivity contribution in [3.8, 4) is 0 Å². The lowest BCUT2D eigenvalue weighted by molar-refractivity contribution is 0.175. The molecule has 0 radical (unpaired) electrons. The average molecular weight is 319 g/mol. The number of nitrogens with zero attached hydrogens (tertiary/aromatic N) is 3. The number of carbonyl (C=O) groups excluding carboxylic acids is 1. The van der Waals surface area contributed by atoms with Gasteiger partial charge in [-0.15, -0.1) is 0 Å². The third kappa shape index (κ3) is 4.69. The molecule has 2 fully saturated rings. The van der Waals surface area contributed by atoms with E-state index in [9.17, 15) is 4.79 Å². The van der Waals surface area contributed by atoms with Gasteiger partial charge < -0.3 is 10.2 Å². The van der Waals surface area contributed by atoms with Crippen molar-refractivity contribution in [2.45, 2.75) is 63.7 Å². The molecule has 1 aliphatic heterocycles. The second-order valence-electron chi connectivity index (χ2n) is 7.05. The zero-order chi connectivity index (χ0) is 15.9. The number of aromatic amines is 1. The molecule has 3 rings (SSSR count). The van der Waals surface area contributed by atoms with Crippen LogP contribution in [0.5, 0.6) is 0 Å². The Labute approximate surface area is 138 Å². The fourth-order valence-electron chi connectivity index (χ4n) is 3.88. The van der Waals surface area contributed by atoms with E-state index < -0.39 is 0 Å². The van der Waals surface area contributed by atoms with Gasteiger partial charge in [0.25, 0.3) is 0 Å². The van der Waals surface area contributed by atoms with Crippen molar-refractivity contribution in [2.75, 3.05) is 19.6 Å². The molecular formula is C17H29N5O. The van der Waals surface area contributed by atoms with E-state index in [0.717, 1.165) is 38.3 Å². The van der Waals surface area contributed by atoms with E-state index in [4.69, 9.17) is 0 Å². The topological polar surface area (TPSA) is 73.9 Å². The normalized spacial score (nSPS) is 24.0. The van der Waals surface area contributed by atoms with Crippen LogP contribution in [-0.4, -0.2) is 45.7 Å². The quantitative estimate of drug-likeness (QED) is 0.899. The van der Waals surface area contributed by atoms with Gasteiger partial charge in [-0.25, -0.2) is 9.78 Å². The van der Waals surface area contributed by atoms with Crippen LogP contribution >= 0.6 is 0 Å². The molecule has 1 aromatic rings. The predicted octanol–water partition coefficient (Wildman–Crippen LogP) is 3.05. The van der Waals surface area contributed by atoms with Crippen LogP contribution in [0.2, 0.25) is 0 Å². The van der Waals surface area contributed by atoms with Crippen LogP contribution in [-0.2, 0) is 0 Å². The van der Waals surface area contributed by atoms with E-state index in [1.165, 1.54) is 44.9 Å². The van der Waals surface area contributed by atoms with Crippen LogP contribution in [0, 0.1) is 5.92 Å². The molecular weight excluding hydrogens is 290 g/mol. The molecule has 2 N–H and O–H groups in total. The third-order valence-corrected chi connectivity index (χ3v) is 5.30. The van der Waals surface area contributed by atoms with Crippen molar-refractivity contribution in [2.24, 2.45) is 5.92 Å². The number of amides is 2. The first-order valence-corrected chi connectivity index (χ1v) is 9.21. The minimum atomic E-state index is 0.0938. The molecule has 6 nitrogen and oxygen atoms in total. The molecule has 2 aliphatic rings. The van der Waals surface area contributed by atoms with Gasteiger partial charge in [0.1, 0.15) is 12.2 Å². The standard InChI is InChI=1S/C17H29N5O/c23-17(18-11-14-7-4-2-1-3-5-8-14)22-10-6-9-15(12-22)16-19-13-20-21-16/h13-15H,1-12H2,(H,18,23)(H,19,20,21)/t15-/m1/s1. The number of hydrogen-bond acceptors (Lipinski definition) is 3. The first-order valence-electron chi connectivity index (χ1n) is 9.21. The van der Waals surface area contributed by atoms with Gasteiger partial charge in [0.15, 0.2) is 0 Å². The van der Waals surface area contributed by atoms with Gasteiger partial charge >= 0.3 is 6.03 Å². The summed E-state index contributed by atoms with van der Waals surface area (Å²) in [4.78, 5) is 18.7. The number of piperidine rings is 1. The molecule has 1 aliphatic carbocycles. The fourth-order valence-corrected chi connectivity index (χ4v) is 3.88. The van der Waals surface area contributed by atoms with Crippen LogP contribution in [0.1, 0.15) is 69.5 Å². The molecule has 0 aromatic carbocycles. The monoisotopic (exact) mass is 319 g/mol. The summed E-state index contributed by atoms with van der Waals surface area (Å²) in [5.74, 6) is 1.86. The van der Waals surface area contributed by atoms with E-state index in [1.807, 2.05) is 4.90 Å². The van der Waals surface area contributed by atoms with Gasteiger partial charge in [-0.2, -0.15) is 5.10 Å². The Balaban J connectivity index is 1.45. The van der Waals surface area contributed by atoms with Gasteiger partial charge in [0.2, 0.25) is 0 Å². The predicted molar refractivity (Wildman–Crippen MR) is 89.1 cm³/mol. The van der Waals surface area contributed by atoms with Gasteiger partial charge in [-0.1, -0.05) is 32.1 Å². The average Bonchev–Trinajstić information content (AvgIpc) is 3.08. The molecule has 1 saturated carbocycles. The SMILES string of the molecule is O=C(NCC1CCCCCCC1)N1CCC[C@@H](c2ncn[nH]2)C1. The second-order valence-corrected chi connectivity index (χ2v) is 7.05. The Morgan fingerprint density at radius 1 is 1.17 bits per heavy atom. The number of carbonyl (C=O) groups is 1. The number of nitrogens with one attached hydrogen (secondary N) is 2. The Hall–Kier alpha value is -1.59. The molecule has 0 spiro atoms. The van der Waals surface area contributed by atoms with Crippen LogP contribution in [0.3, 0.4) is 0 Å². The van der Waals surface area contributed by atoms with E-state index in [1.54, 1.807) is 6.33 Å². The van der Waals surface area contributed by atoms with Crippen molar-refractivity contribution in [3.63, 3.8) is 0 Å². The fraction of sp³-hybridized carbons (Fsp3) is 0.824. The van der Waals surface area contributed by atoms with Crippen LogP contribution in [0.4, 0.5) is 4.79 Å². The minimum absolute atomic E-state index is 0.0938. The van der Waals surface area contributed by atoms with Crippen molar-refractivity contribution in [1.82, 2.24) is 25.4 Å². The maximum Gasteiger partial charge on any atom is 0.317 e. The van der Waals surface area contributed by atoms with Crippen molar-refractivity contribution < 1.29 is 4.79 Å². The Morgan fingerprint density at radius 3 is 2.70 bits per heavy atom. The number of rotatable bonds is 3. The van der Waals surface area contributed by atoms with Crippen LogP contribution in [0.15, 0.2) is 6.33 Å². The molecule has 6 heteroatoms. The molecule has 1 saturated heterocycles. The highest BCUT2D eigenvalue weighted by Crippen LogP contribution is 2.24. The Morgan fingerprint density at radius 2 is 1.96 bits per heavy atom. The van der Waals surface area contributed by atoms with E-state index in [2.05, 4.69) is 20.5 Å². The van der Waals surface area contributed by atoms with E-state index in [-0.39, 0.29) is 6.03 Å². The summed E-state index contributed by atoms with van der Waals surface area (Å²) in [5.41, 5.74) is 0. The van der Waals surface area contributed by atoms with Crippen molar-refractivity contribution in [1.29, 1.82) is 0 Å². The van der Waals surface area contributed by atoms with Crippen LogP contribution in [0.25, 0.3) is 0 Å². The maximum absolute atomic E-state index is 12.5. The molecule has 23 heavy (non-hydrogen) atoms. The first-order chi connectivity index (χ1) is 11.3. The highest BCUT2D eigenvalue weighted by atomic mass is 16.2. The molecule has 0 bridgehead atoms. The Bertz CT molecular complexity index is 467. The van der Waals surface area contributed by atoms with Gasteiger partial charge in [0.05, 0.1) is 0 Å². The molecule has 1 aromatic heterocycles. The van der Waals surface area contributed by atoms with Gasteiger partial charge in [-0.05, 0) is 31.6 Å². The number of likely N-dealkylation sites (tertiary alicyclic amines) is 1. The highest BCUT2D eigenvalue weighted by Gasteiger charge is 2.26. The lowest BCUT2D eigenvalue weighted by Crippen LogP contribution is -2.46. The first kappa shape index (κ1) is 16.3. The minimum Gasteiger partial charge on any atom is -0.338 e. The molecule has 2 heterocycles. The van der Waals surface area contributed by atoms with Crippen molar-refractivity contribution >= 4 is 6.03 Å². The molecule has 0 unspecified atom stereocenters. The van der Waals surface area contributed by atoms with Crippen molar-refractivity contribution in [3.05, 3.63) is 12.2 Å². The number of hydrogen-bond donors (Lipinski definition) is 2. The summed E-state index contributed by atoms with van der Waals surface area (Å²) in [5, 5.41) is 10.0. The number of aromatic nitrogens is 3. The zero-order valence-electron chi connectivity index (χ0n) is 14.0. The lowest BCUT2D eigenvalue weighted by Gasteiger charge is -2.32. The van der Waals surface area contributed by atoms with E-state index in [0.29, 0.717) is 11.8 Å². The summed E-state index contributed by atoms with van der Waals surface area (Å²) in [6.45, 7) is 2.43. The lowest BCUT2D eigenvalue weighted by atomic mass is 9.91. The smallest absolute Gasteiger partial charge is 0.317 e. The number of H-pyrrole nitrogens is 1. The molecule has 128 valence electrons. The summed E-state index contributed by atoms with van der Waals surface area (Å²) in [6.07, 6.45) is 12.9. The summed E-state index contributed by atoms with van der Waals surface area (Å²) >= 11 is 0. The summed E-state index contributed by atoms with van der Waals surface area (Å²) in [7, 11) is 0.